The van der Waals surface area contributed by atoms with Crippen LogP contribution in [-0.4, -0.2) is 30.1 Å². The molecule has 6 unspecified atom stereocenters. The molecule has 0 aromatic carbocycles. The van der Waals surface area contributed by atoms with Gasteiger partial charge in [-0.3, -0.25) is 0 Å². The van der Waals surface area contributed by atoms with Crippen molar-refractivity contribution < 1.29 is 19.4 Å². The lowest BCUT2D eigenvalue weighted by molar-refractivity contribution is -0.0994. The van der Waals surface area contributed by atoms with E-state index in [2.05, 4.69) is 41.5 Å². The number of ether oxygens (including phenoxy) is 2. The van der Waals surface area contributed by atoms with E-state index in [9.17, 15) is 9.90 Å². The molecule has 6 atom stereocenters. The quantitative estimate of drug-likeness (QED) is 0.519. The number of hydrogen-bond donors (Lipinski definition) is 1. The van der Waals surface area contributed by atoms with Gasteiger partial charge in [0.25, 0.3) is 0 Å². The van der Waals surface area contributed by atoms with Crippen LogP contribution in [0.5, 0.6) is 0 Å². The second-order valence-corrected chi connectivity index (χ2v) is 10.3. The molecular formula is C23H42O4. The molecule has 2 rings (SSSR count). The second kappa shape index (κ2) is 9.62. The summed E-state index contributed by atoms with van der Waals surface area (Å²) in [7, 11) is 0. The third-order valence-corrected chi connectivity index (χ3v) is 7.66. The van der Waals surface area contributed by atoms with E-state index < -0.39 is 6.16 Å². The summed E-state index contributed by atoms with van der Waals surface area (Å²) < 4.78 is 11.8. The van der Waals surface area contributed by atoms with Crippen LogP contribution in [0.3, 0.4) is 0 Å². The second-order valence-electron chi connectivity index (χ2n) is 10.3. The fraction of sp³-hybridized carbons (Fsp3) is 0.957. The SMILES string of the molecule is CC1CCC(C(C)C)C(OCC(OC(=O)O)C2CCCC(C)(C(C)C)C2)C1. The van der Waals surface area contributed by atoms with Crippen LogP contribution >= 0.6 is 0 Å². The minimum Gasteiger partial charge on any atom is -0.450 e. The predicted octanol–water partition coefficient (Wildman–Crippen LogP) is 6.38. The first kappa shape index (κ1) is 22.5. The molecule has 0 bridgehead atoms. The van der Waals surface area contributed by atoms with Gasteiger partial charge in [0.2, 0.25) is 0 Å². The Balaban J connectivity index is 2.04. The molecule has 0 amide bonds. The Morgan fingerprint density at radius 2 is 1.89 bits per heavy atom. The highest BCUT2D eigenvalue weighted by Gasteiger charge is 2.40. The smallest absolute Gasteiger partial charge is 0.450 e. The molecular weight excluding hydrogens is 340 g/mol. The molecule has 158 valence electrons. The molecule has 2 aliphatic carbocycles. The minimum absolute atomic E-state index is 0.230. The molecule has 0 saturated heterocycles. The van der Waals surface area contributed by atoms with Crippen molar-refractivity contribution in [2.24, 2.45) is 35.0 Å². The van der Waals surface area contributed by atoms with E-state index in [4.69, 9.17) is 9.47 Å². The van der Waals surface area contributed by atoms with Crippen LogP contribution in [0.1, 0.15) is 86.5 Å². The molecule has 0 radical (unpaired) electrons. The summed E-state index contributed by atoms with van der Waals surface area (Å²) in [6.07, 6.45) is 6.72. The zero-order valence-corrected chi connectivity index (χ0v) is 18.4. The summed E-state index contributed by atoms with van der Waals surface area (Å²) in [5.74, 6) is 2.71. The van der Waals surface area contributed by atoms with Crippen molar-refractivity contribution >= 4 is 6.16 Å². The number of carboxylic acid groups (broad SMARTS) is 1. The summed E-state index contributed by atoms with van der Waals surface area (Å²) in [6.45, 7) is 14.2. The molecule has 2 saturated carbocycles. The zero-order chi connectivity index (χ0) is 20.2. The van der Waals surface area contributed by atoms with Crippen LogP contribution in [-0.2, 0) is 9.47 Å². The third kappa shape index (κ3) is 6.10. The highest BCUT2D eigenvalue weighted by molar-refractivity contribution is 5.57. The van der Waals surface area contributed by atoms with E-state index >= 15 is 0 Å². The van der Waals surface area contributed by atoms with E-state index in [1.54, 1.807) is 0 Å². The molecule has 0 aromatic rings. The monoisotopic (exact) mass is 382 g/mol. The van der Waals surface area contributed by atoms with Gasteiger partial charge in [0.05, 0.1) is 12.7 Å². The predicted molar refractivity (Wildman–Crippen MR) is 109 cm³/mol. The summed E-state index contributed by atoms with van der Waals surface area (Å²) in [6, 6.07) is 0. The molecule has 2 fully saturated rings. The summed E-state index contributed by atoms with van der Waals surface area (Å²) in [5, 5.41) is 9.30. The van der Waals surface area contributed by atoms with Gasteiger partial charge < -0.3 is 14.6 Å². The number of carbonyl (C=O) groups is 1. The first-order chi connectivity index (χ1) is 12.6. The molecule has 27 heavy (non-hydrogen) atoms. The van der Waals surface area contributed by atoms with Crippen molar-refractivity contribution in [3.8, 4) is 0 Å². The van der Waals surface area contributed by atoms with Crippen molar-refractivity contribution in [2.75, 3.05) is 6.61 Å². The fourth-order valence-corrected chi connectivity index (χ4v) is 5.33. The number of hydrogen-bond acceptors (Lipinski definition) is 3. The van der Waals surface area contributed by atoms with Gasteiger partial charge in [-0.15, -0.1) is 0 Å². The van der Waals surface area contributed by atoms with Crippen molar-refractivity contribution in [2.45, 2.75) is 98.7 Å². The van der Waals surface area contributed by atoms with Crippen LogP contribution in [0.25, 0.3) is 0 Å². The fourth-order valence-electron chi connectivity index (χ4n) is 5.33. The van der Waals surface area contributed by atoms with Gasteiger partial charge in [0.1, 0.15) is 6.10 Å². The molecule has 4 heteroatoms. The number of rotatable bonds is 7. The minimum atomic E-state index is -1.17. The van der Waals surface area contributed by atoms with Gasteiger partial charge in [-0.25, -0.2) is 4.79 Å². The average Bonchev–Trinajstić information content (AvgIpc) is 2.58. The van der Waals surface area contributed by atoms with Crippen molar-refractivity contribution in [3.63, 3.8) is 0 Å². The van der Waals surface area contributed by atoms with E-state index in [0.29, 0.717) is 30.3 Å². The topological polar surface area (TPSA) is 55.8 Å². The van der Waals surface area contributed by atoms with Gasteiger partial charge in [-0.05, 0) is 67.1 Å². The largest absolute Gasteiger partial charge is 0.506 e. The van der Waals surface area contributed by atoms with Gasteiger partial charge in [0, 0.05) is 0 Å². The Labute approximate surface area is 166 Å². The van der Waals surface area contributed by atoms with E-state index in [1.165, 1.54) is 19.3 Å². The Kier molecular flexibility index (Phi) is 8.03. The maximum atomic E-state index is 11.3. The highest BCUT2D eigenvalue weighted by Crippen LogP contribution is 2.46. The maximum absolute atomic E-state index is 11.3. The molecule has 1 N–H and O–H groups in total. The summed E-state index contributed by atoms with van der Waals surface area (Å²) in [5.41, 5.74) is 0.267. The van der Waals surface area contributed by atoms with Gasteiger partial charge >= 0.3 is 6.16 Å². The molecule has 4 nitrogen and oxygen atoms in total. The molecule has 0 heterocycles. The van der Waals surface area contributed by atoms with E-state index in [0.717, 1.165) is 25.7 Å². The summed E-state index contributed by atoms with van der Waals surface area (Å²) in [4.78, 5) is 11.3. The van der Waals surface area contributed by atoms with Crippen LogP contribution in [0.2, 0.25) is 0 Å². The lowest BCUT2D eigenvalue weighted by atomic mass is 9.64. The Morgan fingerprint density at radius 1 is 1.19 bits per heavy atom. The van der Waals surface area contributed by atoms with Crippen LogP contribution in [0.4, 0.5) is 4.79 Å². The average molecular weight is 383 g/mol. The lowest BCUT2D eigenvalue weighted by Crippen LogP contribution is -2.42. The molecule has 0 spiro atoms. The van der Waals surface area contributed by atoms with Gasteiger partial charge in [-0.1, -0.05) is 54.4 Å². The normalized spacial score (nSPS) is 36.0. The van der Waals surface area contributed by atoms with Crippen molar-refractivity contribution in [1.82, 2.24) is 0 Å². The molecule has 0 aromatic heterocycles. The van der Waals surface area contributed by atoms with Crippen molar-refractivity contribution in [1.29, 1.82) is 0 Å². The van der Waals surface area contributed by atoms with Gasteiger partial charge in [0.15, 0.2) is 0 Å². The Hall–Kier alpha value is -0.770. The Morgan fingerprint density at radius 3 is 2.48 bits per heavy atom. The van der Waals surface area contributed by atoms with Crippen LogP contribution in [0.15, 0.2) is 0 Å². The molecule has 0 aliphatic heterocycles. The standard InChI is InChI=1S/C23H42O4/c1-15(2)19-10-9-17(5)12-20(19)26-14-21(27-22(24)25)18-8-7-11-23(6,13-18)16(3)4/h15-21H,7-14H2,1-6H3,(H,24,25). The van der Waals surface area contributed by atoms with Crippen molar-refractivity contribution in [3.05, 3.63) is 0 Å². The first-order valence-corrected chi connectivity index (χ1v) is 11.1. The molecule has 2 aliphatic rings. The first-order valence-electron chi connectivity index (χ1n) is 11.1. The van der Waals surface area contributed by atoms with Crippen LogP contribution < -0.4 is 0 Å². The van der Waals surface area contributed by atoms with E-state index in [-0.39, 0.29) is 23.5 Å². The van der Waals surface area contributed by atoms with Crippen LogP contribution in [0, 0.1) is 35.0 Å². The Bertz CT molecular complexity index is 475. The van der Waals surface area contributed by atoms with E-state index in [1.807, 2.05) is 0 Å². The summed E-state index contributed by atoms with van der Waals surface area (Å²) >= 11 is 0. The zero-order valence-electron chi connectivity index (χ0n) is 18.4. The highest BCUT2D eigenvalue weighted by atomic mass is 16.7. The van der Waals surface area contributed by atoms with Gasteiger partial charge in [-0.2, -0.15) is 0 Å². The third-order valence-electron chi connectivity index (χ3n) is 7.66. The lowest BCUT2D eigenvalue weighted by Gasteiger charge is -2.44. The maximum Gasteiger partial charge on any atom is 0.506 e.